The highest BCUT2D eigenvalue weighted by Gasteiger charge is 2.34. The van der Waals surface area contributed by atoms with Gasteiger partial charge in [-0.2, -0.15) is 13.2 Å². The van der Waals surface area contributed by atoms with Crippen LogP contribution < -0.4 is 11.1 Å². The van der Waals surface area contributed by atoms with Gasteiger partial charge in [-0.25, -0.2) is 0 Å². The van der Waals surface area contributed by atoms with Crippen molar-refractivity contribution in [1.82, 2.24) is 0 Å². The van der Waals surface area contributed by atoms with Crippen molar-refractivity contribution in [1.29, 1.82) is 0 Å². The van der Waals surface area contributed by atoms with Gasteiger partial charge in [0.05, 0.1) is 12.2 Å². The molecule has 0 heterocycles. The second-order valence-electron chi connectivity index (χ2n) is 5.07. The SMILES string of the molecule is NC(=S)c1ccc(NCCOCC2CC2)cc1C(F)(F)F. The molecule has 0 radical (unpaired) electrons. The highest BCUT2D eigenvalue weighted by Crippen LogP contribution is 2.34. The van der Waals surface area contributed by atoms with Crippen LogP contribution in [0.25, 0.3) is 0 Å². The third kappa shape index (κ3) is 4.86. The van der Waals surface area contributed by atoms with Crippen LogP contribution in [-0.4, -0.2) is 24.7 Å². The fraction of sp³-hybridized carbons (Fsp3) is 0.500. The minimum absolute atomic E-state index is 0.159. The second kappa shape index (κ2) is 6.62. The Kier molecular flexibility index (Phi) is 5.05. The number of anilines is 1. The lowest BCUT2D eigenvalue weighted by Gasteiger charge is -2.14. The average molecular weight is 318 g/mol. The topological polar surface area (TPSA) is 47.3 Å². The Bertz CT molecular complexity index is 515. The Labute approximate surface area is 126 Å². The van der Waals surface area contributed by atoms with Crippen molar-refractivity contribution in [3.63, 3.8) is 0 Å². The number of rotatable bonds is 7. The van der Waals surface area contributed by atoms with E-state index in [1.807, 2.05) is 0 Å². The molecule has 1 aromatic carbocycles. The van der Waals surface area contributed by atoms with Crippen molar-refractivity contribution in [2.45, 2.75) is 19.0 Å². The predicted molar refractivity (Wildman–Crippen MR) is 79.4 cm³/mol. The number of nitrogens with two attached hydrogens (primary N) is 1. The summed E-state index contributed by atoms with van der Waals surface area (Å²) >= 11 is 4.65. The second-order valence-corrected chi connectivity index (χ2v) is 5.51. The van der Waals surface area contributed by atoms with Gasteiger partial charge >= 0.3 is 6.18 Å². The standard InChI is InChI=1S/C14H17F3N2OS/c15-14(16,17)12-7-10(3-4-11(12)13(18)21)19-5-6-20-8-9-1-2-9/h3-4,7,9,19H,1-2,5-6,8H2,(H2,18,21). The molecule has 0 aliphatic heterocycles. The fourth-order valence-corrected chi connectivity index (χ4v) is 2.08. The van der Waals surface area contributed by atoms with E-state index in [-0.39, 0.29) is 10.6 Å². The van der Waals surface area contributed by atoms with Gasteiger partial charge in [0.2, 0.25) is 0 Å². The Morgan fingerprint density at radius 3 is 2.67 bits per heavy atom. The zero-order valence-corrected chi connectivity index (χ0v) is 12.2. The molecule has 1 saturated carbocycles. The lowest BCUT2D eigenvalue weighted by Crippen LogP contribution is -2.18. The molecule has 3 N–H and O–H groups in total. The Morgan fingerprint density at radius 2 is 2.10 bits per heavy atom. The lowest BCUT2D eigenvalue weighted by molar-refractivity contribution is -0.137. The summed E-state index contributed by atoms with van der Waals surface area (Å²) in [4.78, 5) is -0.262. The Balaban J connectivity index is 1.94. The number of nitrogens with one attached hydrogen (secondary N) is 1. The van der Waals surface area contributed by atoms with Gasteiger partial charge in [-0.05, 0) is 37.0 Å². The van der Waals surface area contributed by atoms with E-state index in [0.717, 1.165) is 12.7 Å². The van der Waals surface area contributed by atoms with Crippen molar-refractivity contribution < 1.29 is 17.9 Å². The van der Waals surface area contributed by atoms with Crippen LogP contribution in [0, 0.1) is 5.92 Å². The third-order valence-corrected chi connectivity index (χ3v) is 3.44. The van der Waals surface area contributed by atoms with Crippen LogP contribution in [0.15, 0.2) is 18.2 Å². The molecule has 0 spiro atoms. The van der Waals surface area contributed by atoms with Crippen molar-refractivity contribution in [2.75, 3.05) is 25.1 Å². The molecule has 0 aromatic heterocycles. The first-order valence-electron chi connectivity index (χ1n) is 6.70. The Morgan fingerprint density at radius 1 is 1.38 bits per heavy atom. The minimum atomic E-state index is -4.49. The van der Waals surface area contributed by atoms with Gasteiger partial charge in [0, 0.05) is 24.4 Å². The Hall–Kier alpha value is -1.34. The summed E-state index contributed by atoms with van der Waals surface area (Å²) in [6.45, 7) is 1.65. The highest BCUT2D eigenvalue weighted by atomic mass is 32.1. The van der Waals surface area contributed by atoms with Crippen LogP contribution in [0.3, 0.4) is 0 Å². The van der Waals surface area contributed by atoms with Crippen molar-refractivity contribution in [3.8, 4) is 0 Å². The van der Waals surface area contributed by atoms with E-state index >= 15 is 0 Å². The van der Waals surface area contributed by atoms with E-state index in [9.17, 15) is 13.2 Å². The predicted octanol–water partition coefficient (Wildman–Crippen LogP) is 3.18. The van der Waals surface area contributed by atoms with Gasteiger partial charge in [0.25, 0.3) is 0 Å². The van der Waals surface area contributed by atoms with Gasteiger partial charge in [0.1, 0.15) is 4.99 Å². The van der Waals surface area contributed by atoms with Crippen molar-refractivity contribution >= 4 is 22.9 Å². The maximum atomic E-state index is 13.0. The zero-order valence-electron chi connectivity index (χ0n) is 11.4. The molecule has 1 aliphatic rings. The van der Waals surface area contributed by atoms with E-state index < -0.39 is 11.7 Å². The molecule has 0 saturated heterocycles. The zero-order chi connectivity index (χ0) is 15.5. The summed E-state index contributed by atoms with van der Waals surface area (Å²) < 4.78 is 44.3. The number of alkyl halides is 3. The number of benzene rings is 1. The van der Waals surface area contributed by atoms with Crippen molar-refractivity contribution in [2.24, 2.45) is 11.7 Å². The van der Waals surface area contributed by atoms with Crippen LogP contribution in [0.4, 0.5) is 18.9 Å². The van der Waals surface area contributed by atoms with E-state index in [2.05, 4.69) is 17.5 Å². The molecule has 1 aliphatic carbocycles. The molecule has 7 heteroatoms. The van der Waals surface area contributed by atoms with Gasteiger partial charge in [-0.3, -0.25) is 0 Å². The summed E-state index contributed by atoms with van der Waals surface area (Å²) in [5.74, 6) is 0.673. The first-order valence-corrected chi connectivity index (χ1v) is 7.11. The summed E-state index contributed by atoms with van der Waals surface area (Å²) in [7, 11) is 0. The molecule has 116 valence electrons. The quantitative estimate of drug-likeness (QED) is 0.599. The van der Waals surface area contributed by atoms with Gasteiger partial charge in [0.15, 0.2) is 0 Å². The maximum absolute atomic E-state index is 13.0. The molecule has 2 rings (SSSR count). The van der Waals surface area contributed by atoms with Gasteiger partial charge < -0.3 is 15.8 Å². The molecule has 1 aromatic rings. The van der Waals surface area contributed by atoms with E-state index in [0.29, 0.717) is 24.8 Å². The van der Waals surface area contributed by atoms with E-state index in [1.165, 1.54) is 25.0 Å². The van der Waals surface area contributed by atoms with Crippen LogP contribution in [0.5, 0.6) is 0 Å². The summed E-state index contributed by atoms with van der Waals surface area (Å²) in [5, 5.41) is 2.91. The molecular formula is C14H17F3N2OS. The molecule has 3 nitrogen and oxygen atoms in total. The van der Waals surface area contributed by atoms with Crippen LogP contribution >= 0.6 is 12.2 Å². The molecule has 0 bridgehead atoms. The monoisotopic (exact) mass is 318 g/mol. The van der Waals surface area contributed by atoms with Crippen LogP contribution in [-0.2, 0) is 10.9 Å². The summed E-state index contributed by atoms with van der Waals surface area (Å²) in [6, 6.07) is 3.85. The fourth-order valence-electron chi connectivity index (χ4n) is 1.91. The van der Waals surface area contributed by atoms with Crippen LogP contribution in [0.2, 0.25) is 0 Å². The van der Waals surface area contributed by atoms with Crippen LogP contribution in [0.1, 0.15) is 24.0 Å². The van der Waals surface area contributed by atoms with Gasteiger partial charge in [-0.15, -0.1) is 0 Å². The summed E-state index contributed by atoms with van der Waals surface area (Å²) in [5.41, 5.74) is 4.72. The first-order chi connectivity index (χ1) is 9.88. The highest BCUT2D eigenvalue weighted by molar-refractivity contribution is 7.80. The first kappa shape index (κ1) is 16.0. The number of thiocarbonyl (C=S) groups is 1. The molecular weight excluding hydrogens is 301 g/mol. The largest absolute Gasteiger partial charge is 0.417 e. The molecule has 21 heavy (non-hydrogen) atoms. The number of hydrogen-bond donors (Lipinski definition) is 2. The molecule has 0 unspecified atom stereocenters. The maximum Gasteiger partial charge on any atom is 0.417 e. The van der Waals surface area contributed by atoms with Gasteiger partial charge in [-0.1, -0.05) is 12.2 Å². The van der Waals surface area contributed by atoms with Crippen molar-refractivity contribution in [3.05, 3.63) is 29.3 Å². The third-order valence-electron chi connectivity index (χ3n) is 3.22. The van der Waals surface area contributed by atoms with E-state index in [1.54, 1.807) is 0 Å². The normalized spacial score (nSPS) is 15.0. The minimum Gasteiger partial charge on any atom is -0.389 e. The number of ether oxygens (including phenoxy) is 1. The smallest absolute Gasteiger partial charge is 0.389 e. The van der Waals surface area contributed by atoms with E-state index in [4.69, 9.17) is 10.5 Å². The molecule has 0 amide bonds. The summed E-state index contributed by atoms with van der Waals surface area (Å²) in [6.07, 6.45) is -2.06. The average Bonchev–Trinajstić information content (AvgIpc) is 3.21. The molecule has 1 fully saturated rings. The molecule has 0 atom stereocenters. The lowest BCUT2D eigenvalue weighted by atomic mass is 10.1. The number of hydrogen-bond acceptors (Lipinski definition) is 3. The number of halogens is 3.